The summed E-state index contributed by atoms with van der Waals surface area (Å²) >= 11 is 0. The third-order valence-electron chi connectivity index (χ3n) is 4.60. The van der Waals surface area contributed by atoms with Crippen LogP contribution in [0.15, 0.2) is 23.4 Å². The van der Waals surface area contributed by atoms with Gasteiger partial charge in [-0.1, -0.05) is 20.8 Å². The first kappa shape index (κ1) is 16.9. The molecule has 1 aromatic rings. The van der Waals surface area contributed by atoms with Crippen LogP contribution in [-0.4, -0.2) is 36.8 Å². The number of aromatic nitrogens is 1. The minimum atomic E-state index is -3.84. The lowest BCUT2D eigenvalue weighted by Gasteiger charge is -2.37. The molecule has 1 atom stereocenters. The van der Waals surface area contributed by atoms with E-state index in [2.05, 4.69) is 25.8 Å². The van der Waals surface area contributed by atoms with Gasteiger partial charge in [0.2, 0.25) is 0 Å². The molecule has 2 N–H and O–H groups in total. The molecule has 2 rings (SSSR count). The van der Waals surface area contributed by atoms with Gasteiger partial charge in [-0.2, -0.15) is 0 Å². The molecule has 1 saturated heterocycles. The number of primary sulfonamides is 1. The van der Waals surface area contributed by atoms with Crippen molar-refractivity contribution in [2.45, 2.75) is 51.1 Å². The van der Waals surface area contributed by atoms with Crippen LogP contribution < -0.4 is 5.14 Å². The standard InChI is InChI=1S/C15H23N3O3S/c1-4-15(2,3)12-6-5-9-18(12)14(19)11-7-8-13(17-10-11)22(16,20)21/h7-8,10,12H,4-6,9H2,1-3H3,(H2,16,20,21). The van der Waals surface area contributed by atoms with Gasteiger partial charge >= 0.3 is 0 Å². The molecule has 7 heteroatoms. The Balaban J connectivity index is 2.24. The molecule has 2 heterocycles. The molecule has 0 bridgehead atoms. The van der Waals surface area contributed by atoms with E-state index in [1.54, 1.807) is 0 Å². The summed E-state index contributed by atoms with van der Waals surface area (Å²) in [6, 6.07) is 2.95. The van der Waals surface area contributed by atoms with Crippen LogP contribution in [0.1, 0.15) is 50.4 Å². The zero-order chi connectivity index (χ0) is 16.5. The fraction of sp³-hybridized carbons (Fsp3) is 0.600. The maximum atomic E-state index is 12.7. The van der Waals surface area contributed by atoms with Crippen LogP contribution >= 0.6 is 0 Å². The zero-order valence-corrected chi connectivity index (χ0v) is 14.1. The molecule has 22 heavy (non-hydrogen) atoms. The topological polar surface area (TPSA) is 93.4 Å². The number of sulfonamides is 1. The predicted octanol–water partition coefficient (Wildman–Crippen LogP) is 1.77. The lowest BCUT2D eigenvalue weighted by Crippen LogP contribution is -2.44. The van der Waals surface area contributed by atoms with Crippen molar-refractivity contribution >= 4 is 15.9 Å². The van der Waals surface area contributed by atoms with Crippen LogP contribution in [0.5, 0.6) is 0 Å². The van der Waals surface area contributed by atoms with Gasteiger partial charge in [0.25, 0.3) is 15.9 Å². The largest absolute Gasteiger partial charge is 0.335 e. The third kappa shape index (κ3) is 3.30. The quantitative estimate of drug-likeness (QED) is 0.913. The second-order valence-corrected chi connectivity index (χ2v) is 7.94. The molecule has 122 valence electrons. The first-order valence-corrected chi connectivity index (χ1v) is 9.01. The highest BCUT2D eigenvalue weighted by molar-refractivity contribution is 7.89. The summed E-state index contributed by atoms with van der Waals surface area (Å²) < 4.78 is 22.4. The maximum absolute atomic E-state index is 12.7. The van der Waals surface area contributed by atoms with Gasteiger partial charge in [-0.25, -0.2) is 18.5 Å². The van der Waals surface area contributed by atoms with Gasteiger partial charge in [0, 0.05) is 18.8 Å². The number of carbonyl (C=O) groups excluding carboxylic acids is 1. The van der Waals surface area contributed by atoms with Gasteiger partial charge in [-0.3, -0.25) is 4.79 Å². The van der Waals surface area contributed by atoms with Crippen molar-refractivity contribution in [2.24, 2.45) is 10.6 Å². The lowest BCUT2D eigenvalue weighted by atomic mass is 9.80. The van der Waals surface area contributed by atoms with Crippen molar-refractivity contribution in [3.05, 3.63) is 23.9 Å². The van der Waals surface area contributed by atoms with Crippen LogP contribution in [0.2, 0.25) is 0 Å². The van der Waals surface area contributed by atoms with Gasteiger partial charge in [-0.15, -0.1) is 0 Å². The van der Waals surface area contributed by atoms with Crippen molar-refractivity contribution < 1.29 is 13.2 Å². The fourth-order valence-electron chi connectivity index (χ4n) is 2.90. The van der Waals surface area contributed by atoms with E-state index in [-0.39, 0.29) is 22.4 Å². The molecule has 6 nitrogen and oxygen atoms in total. The van der Waals surface area contributed by atoms with E-state index in [1.165, 1.54) is 18.3 Å². The highest BCUT2D eigenvalue weighted by Gasteiger charge is 2.38. The number of likely N-dealkylation sites (tertiary alicyclic amines) is 1. The number of hydrogen-bond donors (Lipinski definition) is 1. The summed E-state index contributed by atoms with van der Waals surface area (Å²) in [5, 5.41) is 4.79. The molecular weight excluding hydrogens is 302 g/mol. The Morgan fingerprint density at radius 3 is 2.64 bits per heavy atom. The molecule has 1 aromatic heterocycles. The molecule has 1 aliphatic rings. The molecular formula is C15H23N3O3S. The van der Waals surface area contributed by atoms with Crippen molar-refractivity contribution in [2.75, 3.05) is 6.54 Å². The molecule has 1 amide bonds. The summed E-state index contributed by atoms with van der Waals surface area (Å²) in [7, 11) is -3.84. The van der Waals surface area contributed by atoms with Gasteiger partial charge in [0.05, 0.1) is 5.56 Å². The Bertz CT molecular complexity index is 653. The van der Waals surface area contributed by atoms with Crippen LogP contribution in [0.4, 0.5) is 0 Å². The monoisotopic (exact) mass is 325 g/mol. The van der Waals surface area contributed by atoms with Gasteiger partial charge in [0.1, 0.15) is 0 Å². The number of rotatable bonds is 4. The minimum Gasteiger partial charge on any atom is -0.335 e. The number of amides is 1. The Hall–Kier alpha value is -1.47. The van der Waals surface area contributed by atoms with E-state index in [1.807, 2.05) is 4.90 Å². The summed E-state index contributed by atoms with van der Waals surface area (Å²) in [5.41, 5.74) is 0.450. The van der Waals surface area contributed by atoms with Crippen molar-refractivity contribution in [3.63, 3.8) is 0 Å². The predicted molar refractivity (Wildman–Crippen MR) is 83.7 cm³/mol. The number of carbonyl (C=O) groups is 1. The van der Waals surface area contributed by atoms with E-state index in [0.717, 1.165) is 25.8 Å². The summed E-state index contributed by atoms with van der Waals surface area (Å²) in [5.74, 6) is -0.0995. The van der Waals surface area contributed by atoms with Gasteiger partial charge in [-0.05, 0) is 36.8 Å². The van der Waals surface area contributed by atoms with E-state index in [0.29, 0.717) is 5.56 Å². The molecule has 1 fully saturated rings. The Morgan fingerprint density at radius 2 is 2.14 bits per heavy atom. The Labute approximate surface area is 131 Å². The highest BCUT2D eigenvalue weighted by atomic mass is 32.2. The minimum absolute atomic E-state index is 0.0557. The summed E-state index contributed by atoms with van der Waals surface area (Å²) in [6.07, 6.45) is 4.26. The Morgan fingerprint density at radius 1 is 1.45 bits per heavy atom. The SMILES string of the molecule is CCC(C)(C)C1CCCN1C(=O)c1ccc(S(N)(=O)=O)nc1. The molecule has 0 aromatic carbocycles. The van der Waals surface area contributed by atoms with E-state index >= 15 is 0 Å². The Kier molecular flexibility index (Phi) is 4.58. The molecule has 0 radical (unpaired) electrons. The number of nitrogens with two attached hydrogens (primary N) is 1. The third-order valence-corrected chi connectivity index (χ3v) is 5.43. The molecule has 1 aliphatic heterocycles. The number of pyridine rings is 1. The van der Waals surface area contributed by atoms with E-state index in [4.69, 9.17) is 5.14 Å². The first-order chi connectivity index (χ1) is 10.2. The molecule has 0 spiro atoms. The average molecular weight is 325 g/mol. The van der Waals surface area contributed by atoms with Crippen LogP contribution in [0.3, 0.4) is 0 Å². The van der Waals surface area contributed by atoms with Crippen LogP contribution in [-0.2, 0) is 10.0 Å². The lowest BCUT2D eigenvalue weighted by molar-refractivity contribution is 0.0595. The fourth-order valence-corrected chi connectivity index (χ4v) is 3.36. The van der Waals surface area contributed by atoms with Gasteiger partial charge < -0.3 is 4.90 Å². The zero-order valence-electron chi connectivity index (χ0n) is 13.2. The van der Waals surface area contributed by atoms with E-state index in [9.17, 15) is 13.2 Å². The normalized spacial score (nSPS) is 19.5. The first-order valence-electron chi connectivity index (χ1n) is 7.46. The highest BCUT2D eigenvalue weighted by Crippen LogP contribution is 2.36. The average Bonchev–Trinajstić information content (AvgIpc) is 2.96. The van der Waals surface area contributed by atoms with Gasteiger partial charge in [0.15, 0.2) is 5.03 Å². The molecule has 1 unspecified atom stereocenters. The molecule has 0 aliphatic carbocycles. The number of hydrogen-bond acceptors (Lipinski definition) is 4. The molecule has 0 saturated carbocycles. The maximum Gasteiger partial charge on any atom is 0.255 e. The van der Waals surface area contributed by atoms with E-state index < -0.39 is 10.0 Å². The van der Waals surface area contributed by atoms with Crippen LogP contribution in [0.25, 0.3) is 0 Å². The summed E-state index contributed by atoms with van der Waals surface area (Å²) in [4.78, 5) is 18.4. The smallest absolute Gasteiger partial charge is 0.255 e. The van der Waals surface area contributed by atoms with Crippen LogP contribution in [0, 0.1) is 5.41 Å². The number of nitrogens with zero attached hydrogens (tertiary/aromatic N) is 2. The summed E-state index contributed by atoms with van der Waals surface area (Å²) in [6.45, 7) is 7.20. The van der Waals surface area contributed by atoms with Crippen molar-refractivity contribution in [1.29, 1.82) is 0 Å². The van der Waals surface area contributed by atoms with Crippen molar-refractivity contribution in [1.82, 2.24) is 9.88 Å². The van der Waals surface area contributed by atoms with Crippen molar-refractivity contribution in [3.8, 4) is 0 Å². The second kappa shape index (κ2) is 5.96. The second-order valence-electron chi connectivity index (χ2n) is 6.43.